The fraction of sp³-hybridized carbons (Fsp3) is 0.192. The smallest absolute Gasteiger partial charge is 0.251 e. The number of hydrogen-bond acceptors (Lipinski definition) is 8. The molecule has 3 N–H and O–H groups in total. The number of carbonyl (C=O) groups excluding carboxylic acids is 2. The lowest BCUT2D eigenvalue weighted by Gasteiger charge is -2.12. The molecule has 0 aliphatic heterocycles. The number of fused-ring (bicyclic) bond motifs is 1. The molecule has 4 aromatic rings. The molecule has 2 aromatic carbocycles. The van der Waals surface area contributed by atoms with Crippen molar-refractivity contribution in [2.45, 2.75) is 6.61 Å². The molecular weight excluding hydrogens is 487 g/mol. The topological polar surface area (TPSA) is 118 Å². The Kier molecular flexibility index (Phi) is 7.89. The third-order valence-corrected chi connectivity index (χ3v) is 6.37. The third-order valence-electron chi connectivity index (χ3n) is 5.37. The van der Waals surface area contributed by atoms with Crippen molar-refractivity contribution >= 4 is 33.1 Å². The molecule has 0 saturated heterocycles. The summed E-state index contributed by atoms with van der Waals surface area (Å²) < 4.78 is 25.2. The fourth-order valence-corrected chi connectivity index (χ4v) is 4.59. The normalized spacial score (nSPS) is 10.9. The molecule has 36 heavy (non-hydrogen) atoms. The summed E-state index contributed by atoms with van der Waals surface area (Å²) in [7, 11) is 1.43. The molecule has 0 bridgehead atoms. The van der Waals surface area contributed by atoms with Crippen LogP contribution in [0.3, 0.4) is 0 Å². The van der Waals surface area contributed by atoms with Gasteiger partial charge in [0.25, 0.3) is 5.91 Å². The van der Waals surface area contributed by atoms with Gasteiger partial charge in [0.2, 0.25) is 0 Å². The summed E-state index contributed by atoms with van der Waals surface area (Å²) in [6.45, 7) is -0.734. The number of benzene rings is 2. The van der Waals surface area contributed by atoms with Gasteiger partial charge in [-0.2, -0.15) is 0 Å². The highest BCUT2D eigenvalue weighted by molar-refractivity contribution is 7.17. The standard InChI is InChI=1S/C26H23FN2O6S/c1-34-24-11-16(5-6-23(24)35-8-7-30)26(33)28-12-22(32)21-10-15(13-31)9-20(29-21)18-14-36-25-17(18)3-2-4-19(25)27/h2-6,9-11,14,30-31H,7-8,12-13H2,1H3,(H,28,33). The Hall–Kier alpha value is -3.86. The molecule has 2 aromatic heterocycles. The van der Waals surface area contributed by atoms with Gasteiger partial charge in [0, 0.05) is 21.9 Å². The number of thiophene rings is 1. The van der Waals surface area contributed by atoms with Crippen molar-refractivity contribution < 1.29 is 33.7 Å². The van der Waals surface area contributed by atoms with Gasteiger partial charge in [-0.1, -0.05) is 12.1 Å². The predicted octanol–water partition coefficient (Wildman–Crippen LogP) is 3.59. The van der Waals surface area contributed by atoms with Crippen LogP contribution in [0.15, 0.2) is 53.9 Å². The van der Waals surface area contributed by atoms with Crippen LogP contribution in [0.4, 0.5) is 4.39 Å². The van der Waals surface area contributed by atoms with E-state index in [1.807, 2.05) is 0 Å². The number of ketones is 1. The highest BCUT2D eigenvalue weighted by Crippen LogP contribution is 2.35. The number of carbonyl (C=O) groups is 2. The summed E-state index contributed by atoms with van der Waals surface area (Å²) in [6.07, 6.45) is 0. The van der Waals surface area contributed by atoms with Crippen LogP contribution in [0.5, 0.6) is 11.5 Å². The summed E-state index contributed by atoms with van der Waals surface area (Å²) in [5.41, 5.74) is 1.86. The van der Waals surface area contributed by atoms with E-state index in [9.17, 15) is 19.1 Å². The lowest BCUT2D eigenvalue weighted by atomic mass is 10.1. The molecule has 0 saturated carbocycles. The molecule has 0 aliphatic rings. The lowest BCUT2D eigenvalue weighted by Crippen LogP contribution is -2.30. The van der Waals surface area contributed by atoms with Crippen LogP contribution in [0.25, 0.3) is 21.3 Å². The van der Waals surface area contributed by atoms with Crippen molar-refractivity contribution in [2.75, 3.05) is 26.9 Å². The van der Waals surface area contributed by atoms with Crippen LogP contribution in [-0.4, -0.2) is 53.8 Å². The van der Waals surface area contributed by atoms with Crippen molar-refractivity contribution in [3.05, 3.63) is 76.5 Å². The maximum absolute atomic E-state index is 14.1. The highest BCUT2D eigenvalue weighted by atomic mass is 32.1. The van der Waals surface area contributed by atoms with Gasteiger partial charge >= 0.3 is 0 Å². The van der Waals surface area contributed by atoms with E-state index >= 15 is 0 Å². The minimum absolute atomic E-state index is 0.0675. The average Bonchev–Trinajstić information content (AvgIpc) is 3.35. The second-order valence-corrected chi connectivity index (χ2v) is 8.59. The van der Waals surface area contributed by atoms with Gasteiger partial charge < -0.3 is 25.0 Å². The van der Waals surface area contributed by atoms with Gasteiger partial charge in [-0.15, -0.1) is 11.3 Å². The van der Waals surface area contributed by atoms with E-state index in [1.165, 1.54) is 48.8 Å². The molecule has 1 amide bonds. The second-order valence-electron chi connectivity index (χ2n) is 7.71. The molecule has 2 heterocycles. The van der Waals surface area contributed by atoms with E-state index in [0.717, 1.165) is 0 Å². The largest absolute Gasteiger partial charge is 0.493 e. The monoisotopic (exact) mass is 510 g/mol. The molecule has 0 atom stereocenters. The maximum atomic E-state index is 14.1. The summed E-state index contributed by atoms with van der Waals surface area (Å²) in [5.74, 6) is -0.624. The van der Waals surface area contributed by atoms with Crippen molar-refractivity contribution in [2.24, 2.45) is 0 Å². The zero-order valence-electron chi connectivity index (χ0n) is 19.3. The van der Waals surface area contributed by atoms with E-state index in [0.29, 0.717) is 38.4 Å². The third kappa shape index (κ3) is 5.35. The number of pyridine rings is 1. The van der Waals surface area contributed by atoms with Crippen LogP contribution >= 0.6 is 11.3 Å². The Balaban J connectivity index is 1.53. The van der Waals surface area contributed by atoms with Crippen molar-refractivity contribution in [3.8, 4) is 22.8 Å². The minimum Gasteiger partial charge on any atom is -0.493 e. The van der Waals surface area contributed by atoms with Crippen LogP contribution in [0.2, 0.25) is 0 Å². The number of aliphatic hydroxyl groups excluding tert-OH is 2. The molecule has 186 valence electrons. The summed E-state index contributed by atoms with van der Waals surface area (Å²) in [6, 6.07) is 12.4. The van der Waals surface area contributed by atoms with Crippen LogP contribution in [0.1, 0.15) is 26.4 Å². The molecule has 0 radical (unpaired) electrons. The van der Waals surface area contributed by atoms with Gasteiger partial charge in [-0.05, 0) is 42.0 Å². The number of aliphatic hydroxyl groups is 2. The van der Waals surface area contributed by atoms with Crippen LogP contribution in [0, 0.1) is 5.82 Å². The van der Waals surface area contributed by atoms with E-state index in [2.05, 4.69) is 10.3 Å². The van der Waals surface area contributed by atoms with Gasteiger partial charge in [0.1, 0.15) is 18.1 Å². The first-order chi connectivity index (χ1) is 17.4. The number of rotatable bonds is 10. The molecule has 0 fully saturated rings. The zero-order chi connectivity index (χ0) is 25.7. The molecular formula is C26H23FN2O6S. The zero-order valence-corrected chi connectivity index (χ0v) is 20.1. The molecule has 0 aliphatic carbocycles. The summed E-state index contributed by atoms with van der Waals surface area (Å²) in [4.78, 5) is 30.0. The number of hydrogen-bond donors (Lipinski definition) is 3. The number of nitrogens with zero attached hydrogens (tertiary/aromatic N) is 1. The molecule has 10 heteroatoms. The average molecular weight is 511 g/mol. The quantitative estimate of drug-likeness (QED) is 0.279. The van der Waals surface area contributed by atoms with E-state index < -0.39 is 11.7 Å². The van der Waals surface area contributed by atoms with E-state index in [4.69, 9.17) is 14.6 Å². The van der Waals surface area contributed by atoms with Crippen LogP contribution < -0.4 is 14.8 Å². The SMILES string of the molecule is COc1cc(C(=O)NCC(=O)c2cc(CO)cc(-c3csc4c(F)cccc34)n2)ccc1OCCO. The maximum Gasteiger partial charge on any atom is 0.251 e. The molecule has 0 spiro atoms. The fourth-order valence-electron chi connectivity index (χ4n) is 3.62. The Morgan fingerprint density at radius 3 is 2.69 bits per heavy atom. The van der Waals surface area contributed by atoms with Crippen molar-refractivity contribution in [1.82, 2.24) is 10.3 Å². The Bertz CT molecular complexity index is 1420. The summed E-state index contributed by atoms with van der Waals surface area (Å²) >= 11 is 1.23. The van der Waals surface area contributed by atoms with E-state index in [1.54, 1.807) is 23.6 Å². The summed E-state index contributed by atoms with van der Waals surface area (Å²) in [5, 5.41) is 23.6. The van der Waals surface area contributed by atoms with Gasteiger partial charge in [-0.25, -0.2) is 9.37 Å². The minimum atomic E-state index is -0.506. The predicted molar refractivity (Wildman–Crippen MR) is 133 cm³/mol. The van der Waals surface area contributed by atoms with Crippen LogP contribution in [-0.2, 0) is 6.61 Å². The first kappa shape index (κ1) is 25.2. The van der Waals surface area contributed by atoms with Gasteiger partial charge in [0.15, 0.2) is 17.3 Å². The number of amides is 1. The number of ether oxygens (including phenoxy) is 2. The first-order valence-electron chi connectivity index (χ1n) is 11.0. The number of nitrogens with one attached hydrogen (secondary N) is 1. The molecule has 4 rings (SSSR count). The first-order valence-corrected chi connectivity index (χ1v) is 11.8. The van der Waals surface area contributed by atoms with Crippen molar-refractivity contribution in [3.63, 3.8) is 0 Å². The molecule has 0 unspecified atom stereocenters. The number of halogens is 1. The van der Waals surface area contributed by atoms with E-state index in [-0.39, 0.29) is 43.4 Å². The van der Waals surface area contributed by atoms with Gasteiger partial charge in [-0.3, -0.25) is 9.59 Å². The number of Topliss-reactive ketones (excluding diaryl/α,β-unsaturated/α-hetero) is 1. The lowest BCUT2D eigenvalue weighted by molar-refractivity contribution is 0.0902. The Morgan fingerprint density at radius 2 is 1.94 bits per heavy atom. The Labute approximate surface area is 209 Å². The van der Waals surface area contributed by atoms with Gasteiger partial charge in [0.05, 0.1) is 37.3 Å². The molecule has 8 nitrogen and oxygen atoms in total. The highest BCUT2D eigenvalue weighted by Gasteiger charge is 2.17. The number of methoxy groups -OCH3 is 1. The Morgan fingerprint density at radius 1 is 1.11 bits per heavy atom. The van der Waals surface area contributed by atoms with Crippen molar-refractivity contribution in [1.29, 1.82) is 0 Å². The second kappa shape index (κ2) is 11.3. The number of aromatic nitrogens is 1.